The number of Topliss-reactive ketones (excluding diaryl/α,β-unsaturated/α-hetero) is 1. The van der Waals surface area contributed by atoms with Gasteiger partial charge >= 0.3 is 5.97 Å². The summed E-state index contributed by atoms with van der Waals surface area (Å²) in [6, 6.07) is 9.84. The molecule has 0 amide bonds. The van der Waals surface area contributed by atoms with E-state index in [4.69, 9.17) is 4.74 Å². The zero-order valence-electron chi connectivity index (χ0n) is 13.9. The molecule has 1 spiro atoms. The molecule has 1 aromatic rings. The van der Waals surface area contributed by atoms with Gasteiger partial charge in [0.2, 0.25) is 0 Å². The molecule has 2 aliphatic rings. The maximum Gasteiger partial charge on any atom is 0.320 e. The molecule has 0 bridgehead atoms. The summed E-state index contributed by atoms with van der Waals surface area (Å²) in [6.07, 6.45) is 7.51. The number of benzene rings is 1. The second-order valence-corrected chi connectivity index (χ2v) is 7.29. The molecule has 122 valence electrons. The number of hydrogen-bond acceptors (Lipinski definition) is 3. The predicted octanol–water partition coefficient (Wildman–Crippen LogP) is 4.17. The summed E-state index contributed by atoms with van der Waals surface area (Å²) < 4.78 is 5.74. The second-order valence-electron chi connectivity index (χ2n) is 7.29. The topological polar surface area (TPSA) is 43.4 Å². The highest BCUT2D eigenvalue weighted by atomic mass is 16.5. The maximum absolute atomic E-state index is 13.1. The van der Waals surface area contributed by atoms with Crippen LogP contribution in [0.25, 0.3) is 6.08 Å². The molecule has 3 nitrogen and oxygen atoms in total. The molecule has 0 N–H and O–H groups in total. The van der Waals surface area contributed by atoms with Crippen molar-refractivity contribution in [3.05, 3.63) is 42.0 Å². The number of rotatable bonds is 2. The van der Waals surface area contributed by atoms with Crippen LogP contribution in [0.5, 0.6) is 0 Å². The van der Waals surface area contributed by atoms with E-state index >= 15 is 0 Å². The minimum absolute atomic E-state index is 0.0589. The number of carbonyl (C=O) groups excluding carboxylic acids is 2. The van der Waals surface area contributed by atoms with Crippen LogP contribution < -0.4 is 0 Å². The van der Waals surface area contributed by atoms with Crippen molar-refractivity contribution < 1.29 is 14.3 Å². The van der Waals surface area contributed by atoms with Gasteiger partial charge < -0.3 is 4.74 Å². The molecular formula is C20H24O3. The lowest BCUT2D eigenvalue weighted by Gasteiger charge is -2.46. The van der Waals surface area contributed by atoms with Crippen molar-refractivity contribution in [3.8, 4) is 0 Å². The monoisotopic (exact) mass is 312 g/mol. The molecule has 1 saturated carbocycles. The van der Waals surface area contributed by atoms with Gasteiger partial charge in [-0.15, -0.1) is 0 Å². The van der Waals surface area contributed by atoms with Gasteiger partial charge in [0.1, 0.15) is 11.5 Å². The number of hydrogen-bond donors (Lipinski definition) is 0. The normalized spacial score (nSPS) is 26.4. The summed E-state index contributed by atoms with van der Waals surface area (Å²) in [4.78, 5) is 25.7. The van der Waals surface area contributed by atoms with Gasteiger partial charge in [-0.3, -0.25) is 9.59 Å². The fourth-order valence-corrected chi connectivity index (χ4v) is 3.84. The minimum atomic E-state index is -0.890. The quantitative estimate of drug-likeness (QED) is 0.608. The Balaban J connectivity index is 1.86. The molecule has 1 saturated heterocycles. The molecule has 1 unspecified atom stereocenters. The van der Waals surface area contributed by atoms with E-state index in [9.17, 15) is 9.59 Å². The van der Waals surface area contributed by atoms with E-state index in [-0.39, 0.29) is 11.8 Å². The highest BCUT2D eigenvalue weighted by molar-refractivity contribution is 6.08. The fraction of sp³-hybridized carbons (Fsp3) is 0.500. The first-order valence-corrected chi connectivity index (χ1v) is 8.46. The molecule has 1 heterocycles. The first kappa shape index (κ1) is 16.0. The van der Waals surface area contributed by atoms with Crippen LogP contribution in [0.1, 0.15) is 51.5 Å². The smallest absolute Gasteiger partial charge is 0.320 e. The summed E-state index contributed by atoms with van der Waals surface area (Å²) in [6.45, 7) is 3.80. The van der Waals surface area contributed by atoms with E-state index in [1.165, 1.54) is 0 Å². The Morgan fingerprint density at radius 2 is 1.70 bits per heavy atom. The van der Waals surface area contributed by atoms with E-state index in [0.29, 0.717) is 12.8 Å². The number of ether oxygens (including phenoxy) is 1. The molecule has 3 heteroatoms. The summed E-state index contributed by atoms with van der Waals surface area (Å²) in [5.74, 6) is -0.257. The molecule has 1 aliphatic carbocycles. The second kappa shape index (κ2) is 5.95. The average Bonchev–Trinajstić information content (AvgIpc) is 2.58. The summed E-state index contributed by atoms with van der Waals surface area (Å²) in [5.41, 5.74) is -0.542. The fourth-order valence-electron chi connectivity index (χ4n) is 3.84. The SMILES string of the molecule is CC1(C)C(=O)C2(CCCCC2)C(=O)OC1C=Cc1ccccc1. The highest BCUT2D eigenvalue weighted by Crippen LogP contribution is 2.48. The van der Waals surface area contributed by atoms with Crippen LogP contribution in [0.3, 0.4) is 0 Å². The Hall–Kier alpha value is -1.90. The Labute approximate surface area is 137 Å². The molecule has 1 atom stereocenters. The zero-order chi connectivity index (χ0) is 16.5. The number of carbonyl (C=O) groups is 2. The van der Waals surface area contributed by atoms with Gasteiger partial charge in [-0.05, 0) is 38.3 Å². The lowest BCUT2D eigenvalue weighted by atomic mass is 9.61. The first-order valence-electron chi connectivity index (χ1n) is 8.46. The van der Waals surface area contributed by atoms with Crippen LogP contribution in [0.4, 0.5) is 0 Å². The first-order chi connectivity index (χ1) is 11.0. The Morgan fingerprint density at radius 1 is 1.04 bits per heavy atom. The van der Waals surface area contributed by atoms with Crippen molar-refractivity contribution >= 4 is 17.8 Å². The summed E-state index contributed by atoms with van der Waals surface area (Å²) in [7, 11) is 0. The van der Waals surface area contributed by atoms with Crippen molar-refractivity contribution in [2.75, 3.05) is 0 Å². The van der Waals surface area contributed by atoms with Gasteiger partial charge in [0.25, 0.3) is 0 Å². The third-order valence-corrected chi connectivity index (χ3v) is 5.33. The van der Waals surface area contributed by atoms with E-state index in [2.05, 4.69) is 0 Å². The van der Waals surface area contributed by atoms with Crippen LogP contribution >= 0.6 is 0 Å². The van der Waals surface area contributed by atoms with Crippen LogP contribution in [0.2, 0.25) is 0 Å². The molecule has 0 radical (unpaired) electrons. The molecule has 0 aromatic heterocycles. The predicted molar refractivity (Wildman–Crippen MR) is 89.7 cm³/mol. The van der Waals surface area contributed by atoms with Crippen molar-refractivity contribution in [2.24, 2.45) is 10.8 Å². The van der Waals surface area contributed by atoms with Gasteiger partial charge in [-0.2, -0.15) is 0 Å². The van der Waals surface area contributed by atoms with Gasteiger partial charge in [0.15, 0.2) is 5.78 Å². The van der Waals surface area contributed by atoms with E-state index < -0.39 is 16.9 Å². The standard InChI is InChI=1S/C20H24O3/c1-19(2)16(12-11-15-9-5-3-6-10-15)23-18(22)20(17(19)21)13-7-4-8-14-20/h3,5-6,9-12,16H,4,7-8,13-14H2,1-2H3. The lowest BCUT2D eigenvalue weighted by molar-refractivity contribution is -0.186. The molecule has 2 fully saturated rings. The summed E-state index contributed by atoms with van der Waals surface area (Å²) in [5, 5.41) is 0. The molecular weight excluding hydrogens is 288 g/mol. The van der Waals surface area contributed by atoms with Crippen LogP contribution in [-0.4, -0.2) is 17.9 Å². The Morgan fingerprint density at radius 3 is 2.35 bits per heavy atom. The molecule has 1 aliphatic heterocycles. The molecule has 23 heavy (non-hydrogen) atoms. The Bertz CT molecular complexity index is 622. The van der Waals surface area contributed by atoms with Crippen molar-refractivity contribution in [3.63, 3.8) is 0 Å². The van der Waals surface area contributed by atoms with E-state index in [1.807, 2.05) is 56.3 Å². The van der Waals surface area contributed by atoms with Gasteiger partial charge in [0, 0.05) is 0 Å². The van der Waals surface area contributed by atoms with Crippen molar-refractivity contribution in [1.29, 1.82) is 0 Å². The van der Waals surface area contributed by atoms with Gasteiger partial charge in [-0.25, -0.2) is 0 Å². The van der Waals surface area contributed by atoms with Crippen LogP contribution in [-0.2, 0) is 14.3 Å². The van der Waals surface area contributed by atoms with Crippen LogP contribution in [0, 0.1) is 10.8 Å². The number of esters is 1. The van der Waals surface area contributed by atoms with Gasteiger partial charge in [-0.1, -0.05) is 55.7 Å². The van der Waals surface area contributed by atoms with E-state index in [0.717, 1.165) is 24.8 Å². The Kier molecular flexibility index (Phi) is 4.13. The zero-order valence-corrected chi connectivity index (χ0v) is 13.9. The molecule has 3 rings (SSSR count). The average molecular weight is 312 g/mol. The largest absolute Gasteiger partial charge is 0.456 e. The summed E-state index contributed by atoms with van der Waals surface area (Å²) >= 11 is 0. The van der Waals surface area contributed by atoms with E-state index in [1.54, 1.807) is 0 Å². The van der Waals surface area contributed by atoms with Crippen molar-refractivity contribution in [2.45, 2.75) is 52.1 Å². The number of cyclic esters (lactones) is 1. The molecule has 1 aromatic carbocycles. The van der Waals surface area contributed by atoms with Crippen molar-refractivity contribution in [1.82, 2.24) is 0 Å². The third-order valence-electron chi connectivity index (χ3n) is 5.33. The third kappa shape index (κ3) is 2.73. The number of ketones is 1. The van der Waals surface area contributed by atoms with Crippen LogP contribution in [0.15, 0.2) is 36.4 Å². The lowest BCUT2D eigenvalue weighted by Crippen LogP contribution is -2.58. The van der Waals surface area contributed by atoms with Gasteiger partial charge in [0.05, 0.1) is 5.41 Å². The minimum Gasteiger partial charge on any atom is -0.456 e. The highest BCUT2D eigenvalue weighted by Gasteiger charge is 2.59. The maximum atomic E-state index is 13.1.